The molecule has 4 aromatic rings. The zero-order valence-electron chi connectivity index (χ0n) is 20.7. The van der Waals surface area contributed by atoms with E-state index in [2.05, 4.69) is 34.5 Å². The Morgan fingerprint density at radius 1 is 1.03 bits per heavy atom. The number of anilines is 1. The fourth-order valence-electron chi connectivity index (χ4n) is 4.02. The summed E-state index contributed by atoms with van der Waals surface area (Å²) in [4.78, 5) is 33.2. The molecule has 1 N–H and O–H groups in total. The van der Waals surface area contributed by atoms with Crippen LogP contribution in [-0.2, 0) is 20.9 Å². The molecule has 0 unspecified atom stereocenters. The molecule has 0 aliphatic carbocycles. The lowest BCUT2D eigenvalue weighted by molar-refractivity contribution is -0.127. The molecule has 2 amide bonds. The molecule has 36 heavy (non-hydrogen) atoms. The van der Waals surface area contributed by atoms with Crippen LogP contribution in [-0.4, -0.2) is 52.1 Å². The van der Waals surface area contributed by atoms with Gasteiger partial charge in [0.25, 0.3) is 0 Å². The summed E-state index contributed by atoms with van der Waals surface area (Å²) in [6, 6.07) is 17.8. The third-order valence-corrected chi connectivity index (χ3v) is 5.92. The number of nitrogens with zero attached hydrogens (tertiary/aromatic N) is 5. The average molecular weight is 487 g/mol. The van der Waals surface area contributed by atoms with Crippen molar-refractivity contribution in [1.82, 2.24) is 25.3 Å². The van der Waals surface area contributed by atoms with Crippen LogP contribution in [0.4, 0.5) is 5.69 Å². The molecule has 0 saturated carbocycles. The van der Waals surface area contributed by atoms with Crippen molar-refractivity contribution >= 4 is 28.5 Å². The monoisotopic (exact) mass is 486 g/mol. The zero-order chi connectivity index (χ0) is 25.5. The summed E-state index contributed by atoms with van der Waals surface area (Å²) in [5.74, 6) is -0.306. The lowest BCUT2D eigenvalue weighted by Crippen LogP contribution is -2.46. The van der Waals surface area contributed by atoms with Gasteiger partial charge in [0.2, 0.25) is 11.8 Å². The van der Waals surface area contributed by atoms with Gasteiger partial charge < -0.3 is 10.1 Å². The fraction of sp³-hybridized carbons (Fsp3) is 0.296. The summed E-state index contributed by atoms with van der Waals surface area (Å²) in [5.41, 5.74) is 3.76. The molecule has 1 atom stereocenters. The van der Waals surface area contributed by atoms with Crippen molar-refractivity contribution in [2.24, 2.45) is 0 Å². The van der Waals surface area contributed by atoms with Gasteiger partial charge in [-0.3, -0.25) is 19.5 Å². The van der Waals surface area contributed by atoms with Gasteiger partial charge in [0.05, 0.1) is 12.1 Å². The molecule has 2 heterocycles. The van der Waals surface area contributed by atoms with Gasteiger partial charge in [0, 0.05) is 37.3 Å². The molecule has 0 spiro atoms. The van der Waals surface area contributed by atoms with Crippen molar-refractivity contribution in [3.05, 3.63) is 84.2 Å². The maximum absolute atomic E-state index is 13.9. The number of pyridine rings is 1. The van der Waals surface area contributed by atoms with Gasteiger partial charge >= 0.3 is 0 Å². The highest BCUT2D eigenvalue weighted by Crippen LogP contribution is 2.30. The molecule has 0 fully saturated rings. The third kappa shape index (κ3) is 5.58. The van der Waals surface area contributed by atoms with Crippen LogP contribution in [0.15, 0.2) is 73.1 Å². The van der Waals surface area contributed by atoms with Crippen LogP contribution in [0, 0.1) is 0 Å². The normalized spacial score (nSPS) is 12.0. The summed E-state index contributed by atoms with van der Waals surface area (Å²) in [7, 11) is 1.57. The average Bonchev–Trinajstić information content (AvgIpc) is 3.30. The summed E-state index contributed by atoms with van der Waals surface area (Å²) in [6.45, 7) is 4.79. The van der Waals surface area contributed by atoms with E-state index in [-0.39, 0.29) is 18.4 Å². The van der Waals surface area contributed by atoms with E-state index in [4.69, 9.17) is 4.74 Å². The maximum Gasteiger partial charge on any atom is 0.249 e. The van der Waals surface area contributed by atoms with Crippen molar-refractivity contribution in [2.45, 2.75) is 32.4 Å². The van der Waals surface area contributed by atoms with E-state index in [1.807, 2.05) is 48.5 Å². The molecule has 0 bridgehead atoms. The highest BCUT2D eigenvalue weighted by atomic mass is 16.5. The van der Waals surface area contributed by atoms with E-state index in [0.717, 1.165) is 11.1 Å². The van der Waals surface area contributed by atoms with Gasteiger partial charge in [-0.05, 0) is 41.8 Å². The smallest absolute Gasteiger partial charge is 0.249 e. The number of hydrogen-bond acceptors (Lipinski definition) is 6. The predicted molar refractivity (Wildman–Crippen MR) is 137 cm³/mol. The summed E-state index contributed by atoms with van der Waals surface area (Å²) in [6.07, 6.45) is 3.24. The zero-order valence-corrected chi connectivity index (χ0v) is 20.7. The number of aromatic nitrogens is 4. The first-order valence-electron chi connectivity index (χ1n) is 11.9. The molecule has 0 aliphatic rings. The Bertz CT molecular complexity index is 1300. The fourth-order valence-corrected chi connectivity index (χ4v) is 4.02. The quantitative estimate of drug-likeness (QED) is 0.344. The molecule has 2 aromatic heterocycles. The number of rotatable bonds is 10. The maximum atomic E-state index is 13.9. The van der Waals surface area contributed by atoms with Crippen molar-refractivity contribution in [1.29, 1.82) is 0 Å². The summed E-state index contributed by atoms with van der Waals surface area (Å²) < 4.78 is 6.64. The number of nitrogens with one attached hydrogen (secondary N) is 1. The number of carbonyl (C=O) groups excluding carboxylic acids is 2. The second kappa shape index (κ2) is 11.5. The van der Waals surface area contributed by atoms with Crippen LogP contribution in [0.1, 0.15) is 36.9 Å². The Hall–Kier alpha value is -4.11. The number of carbonyl (C=O) groups is 2. The largest absolute Gasteiger partial charge is 0.383 e. The number of para-hydroxylation sites is 1. The Morgan fingerprint density at radius 2 is 1.81 bits per heavy atom. The summed E-state index contributed by atoms with van der Waals surface area (Å²) >= 11 is 0. The van der Waals surface area contributed by atoms with Crippen LogP contribution in [0.5, 0.6) is 0 Å². The molecule has 0 saturated heterocycles. The first-order valence-corrected chi connectivity index (χ1v) is 11.9. The van der Waals surface area contributed by atoms with Gasteiger partial charge in [-0.25, -0.2) is 4.68 Å². The van der Waals surface area contributed by atoms with E-state index >= 15 is 0 Å². The molecular weight excluding hydrogens is 456 g/mol. The first-order chi connectivity index (χ1) is 17.5. The van der Waals surface area contributed by atoms with Crippen LogP contribution in [0.2, 0.25) is 0 Å². The van der Waals surface area contributed by atoms with Crippen molar-refractivity contribution < 1.29 is 14.3 Å². The third-order valence-electron chi connectivity index (χ3n) is 5.92. The van der Waals surface area contributed by atoms with Gasteiger partial charge in [0.15, 0.2) is 0 Å². The highest BCUT2D eigenvalue weighted by Gasteiger charge is 2.33. The Kier molecular flexibility index (Phi) is 8.02. The van der Waals surface area contributed by atoms with Crippen molar-refractivity contribution in [3.8, 4) is 0 Å². The number of methoxy groups -OCH3 is 1. The molecular formula is C27H30N6O3. The lowest BCUT2D eigenvalue weighted by Gasteiger charge is -2.31. The molecule has 2 aromatic carbocycles. The molecule has 0 aliphatic heterocycles. The SMILES string of the molecule is COCCNC(=O)[C@@H](c1cccnc1)N(C(=O)Cn1nnc2ccccc21)c1ccc(C(C)C)cc1. The minimum atomic E-state index is -0.942. The Balaban J connectivity index is 1.76. The second-order valence-corrected chi connectivity index (χ2v) is 8.72. The topological polar surface area (TPSA) is 102 Å². The number of ether oxygens (including phenoxy) is 1. The van der Waals surface area contributed by atoms with E-state index in [1.165, 1.54) is 4.90 Å². The van der Waals surface area contributed by atoms with Crippen molar-refractivity contribution in [2.75, 3.05) is 25.2 Å². The van der Waals surface area contributed by atoms with E-state index < -0.39 is 6.04 Å². The molecule has 186 valence electrons. The Morgan fingerprint density at radius 3 is 2.50 bits per heavy atom. The van der Waals surface area contributed by atoms with Crippen LogP contribution >= 0.6 is 0 Å². The molecule has 4 rings (SSSR count). The molecule has 0 radical (unpaired) electrons. The Labute approximate surface area is 210 Å². The van der Waals surface area contributed by atoms with Crippen molar-refractivity contribution in [3.63, 3.8) is 0 Å². The van der Waals surface area contributed by atoms with Gasteiger partial charge in [-0.1, -0.05) is 49.4 Å². The van der Waals surface area contributed by atoms with E-state index in [1.54, 1.807) is 36.3 Å². The van der Waals surface area contributed by atoms with E-state index in [9.17, 15) is 9.59 Å². The van der Waals surface area contributed by atoms with Gasteiger partial charge in [0.1, 0.15) is 18.1 Å². The molecule has 9 nitrogen and oxygen atoms in total. The number of benzene rings is 2. The highest BCUT2D eigenvalue weighted by molar-refractivity contribution is 6.01. The minimum Gasteiger partial charge on any atom is -0.383 e. The lowest BCUT2D eigenvalue weighted by atomic mass is 10.0. The minimum absolute atomic E-state index is 0.0887. The number of fused-ring (bicyclic) bond motifs is 1. The van der Waals surface area contributed by atoms with E-state index in [0.29, 0.717) is 35.8 Å². The second-order valence-electron chi connectivity index (χ2n) is 8.72. The van der Waals surface area contributed by atoms with Gasteiger partial charge in [-0.15, -0.1) is 5.10 Å². The molecule has 9 heteroatoms. The number of hydrogen-bond donors (Lipinski definition) is 1. The summed E-state index contributed by atoms with van der Waals surface area (Å²) in [5, 5.41) is 11.2. The van der Waals surface area contributed by atoms with Crippen LogP contribution < -0.4 is 10.2 Å². The predicted octanol–water partition coefficient (Wildman–Crippen LogP) is 3.49. The van der Waals surface area contributed by atoms with Crippen LogP contribution in [0.25, 0.3) is 11.0 Å². The first kappa shape index (κ1) is 25.0. The standard InChI is InChI=1S/C27H30N6O3/c1-19(2)20-10-12-22(13-11-20)33(25(34)18-32-24-9-5-4-8-23(24)30-31-32)26(21-7-6-14-28-17-21)27(35)29-15-16-36-3/h4-14,17,19,26H,15-16,18H2,1-3H3,(H,29,35)/t26-/m1/s1. The van der Waals surface area contributed by atoms with Crippen LogP contribution in [0.3, 0.4) is 0 Å². The number of amides is 2. The van der Waals surface area contributed by atoms with Gasteiger partial charge in [-0.2, -0.15) is 0 Å².